The number of benzene rings is 3. The first-order valence-corrected chi connectivity index (χ1v) is 10.8. The maximum absolute atomic E-state index is 12.8. The highest BCUT2D eigenvalue weighted by Gasteiger charge is 2.31. The summed E-state index contributed by atoms with van der Waals surface area (Å²) < 4.78 is 5.63. The summed E-state index contributed by atoms with van der Waals surface area (Å²) in [4.78, 5) is 25.8. The van der Waals surface area contributed by atoms with Gasteiger partial charge in [-0.2, -0.15) is 0 Å². The third-order valence-electron chi connectivity index (χ3n) is 6.17. The summed E-state index contributed by atoms with van der Waals surface area (Å²) in [6.07, 6.45) is 0.266. The lowest BCUT2D eigenvalue weighted by Crippen LogP contribution is -2.43. The summed E-state index contributed by atoms with van der Waals surface area (Å²) in [5.41, 5.74) is 6.73. The molecule has 0 heterocycles. The molecule has 1 aliphatic rings. The highest BCUT2D eigenvalue weighted by molar-refractivity contribution is 5.81. The average Bonchev–Trinajstić information content (AvgIpc) is 3.11. The number of nitrogens with zero attached hydrogens (tertiary/aromatic N) is 1. The van der Waals surface area contributed by atoms with E-state index in [1.54, 1.807) is 0 Å². The van der Waals surface area contributed by atoms with Gasteiger partial charge in [0.15, 0.2) is 0 Å². The second kappa shape index (κ2) is 9.27. The van der Waals surface area contributed by atoms with Crippen LogP contribution in [0.25, 0.3) is 11.1 Å². The van der Waals surface area contributed by atoms with E-state index in [2.05, 4.69) is 24.3 Å². The van der Waals surface area contributed by atoms with E-state index >= 15 is 0 Å². The van der Waals surface area contributed by atoms with Gasteiger partial charge in [-0.05, 0) is 47.6 Å². The van der Waals surface area contributed by atoms with Crippen LogP contribution in [0.4, 0.5) is 4.79 Å². The number of likely N-dealkylation sites (N-methyl/N-ethyl adjacent to an activating group) is 1. The molecule has 0 aromatic heterocycles. The van der Waals surface area contributed by atoms with Gasteiger partial charge in [0.05, 0.1) is 0 Å². The Balaban J connectivity index is 1.43. The van der Waals surface area contributed by atoms with Crippen molar-refractivity contribution in [2.24, 2.45) is 0 Å². The summed E-state index contributed by atoms with van der Waals surface area (Å²) in [7, 11) is 1.49. The zero-order valence-electron chi connectivity index (χ0n) is 18.3. The number of carbonyl (C=O) groups is 2. The largest absolute Gasteiger partial charge is 0.480 e. The van der Waals surface area contributed by atoms with Gasteiger partial charge in [-0.15, -0.1) is 0 Å². The minimum Gasteiger partial charge on any atom is -0.480 e. The molecule has 1 unspecified atom stereocenters. The normalized spacial score (nSPS) is 13.2. The Hall–Kier alpha value is -3.60. The molecule has 0 bridgehead atoms. The number of ether oxygens (including phenoxy) is 1. The predicted octanol–water partition coefficient (Wildman–Crippen LogP) is 5.26. The van der Waals surface area contributed by atoms with Crippen LogP contribution in [0, 0.1) is 6.92 Å². The molecule has 0 fully saturated rings. The Morgan fingerprint density at radius 1 is 0.969 bits per heavy atom. The SMILES string of the molecule is Cc1cccc(CCC(C(=O)O)N(C)C(=O)OCC2c3ccccc3-c3ccccc32)c1. The first-order chi connectivity index (χ1) is 15.5. The highest BCUT2D eigenvalue weighted by atomic mass is 16.6. The maximum Gasteiger partial charge on any atom is 0.410 e. The number of carboxylic acid groups (broad SMARTS) is 1. The van der Waals surface area contributed by atoms with E-state index in [0.29, 0.717) is 12.8 Å². The van der Waals surface area contributed by atoms with E-state index in [9.17, 15) is 14.7 Å². The number of aryl methyl sites for hydroxylation is 2. The summed E-state index contributed by atoms with van der Waals surface area (Å²) in [6.45, 7) is 2.17. The van der Waals surface area contributed by atoms with Crippen molar-refractivity contribution in [3.05, 3.63) is 95.1 Å². The summed E-state index contributed by atoms with van der Waals surface area (Å²) in [5, 5.41) is 9.72. The van der Waals surface area contributed by atoms with E-state index in [-0.39, 0.29) is 12.5 Å². The molecule has 0 spiro atoms. The molecule has 0 saturated carbocycles. The Labute approximate surface area is 188 Å². The molecule has 1 aliphatic carbocycles. The molecule has 1 amide bonds. The Morgan fingerprint density at radius 3 is 2.19 bits per heavy atom. The van der Waals surface area contributed by atoms with Gasteiger partial charge >= 0.3 is 12.1 Å². The smallest absolute Gasteiger partial charge is 0.410 e. The van der Waals surface area contributed by atoms with E-state index in [4.69, 9.17) is 4.74 Å². The van der Waals surface area contributed by atoms with Crippen LogP contribution in [0.1, 0.15) is 34.6 Å². The molecule has 0 aliphatic heterocycles. The summed E-state index contributed by atoms with van der Waals surface area (Å²) in [6, 6.07) is 23.2. The number of hydrogen-bond donors (Lipinski definition) is 1. The number of amides is 1. The van der Waals surface area contributed by atoms with Crippen molar-refractivity contribution < 1.29 is 19.4 Å². The molecule has 1 N–H and O–H groups in total. The molecule has 5 heteroatoms. The fourth-order valence-electron chi connectivity index (χ4n) is 4.48. The average molecular weight is 430 g/mol. The third-order valence-corrected chi connectivity index (χ3v) is 6.17. The minimum atomic E-state index is -1.03. The number of rotatable bonds is 7. The Morgan fingerprint density at radius 2 is 1.59 bits per heavy atom. The molecule has 3 aromatic rings. The molecule has 164 valence electrons. The number of carboxylic acids is 1. The molecule has 3 aromatic carbocycles. The quantitative estimate of drug-likeness (QED) is 0.556. The Kier molecular flexibility index (Phi) is 6.26. The molecule has 32 heavy (non-hydrogen) atoms. The molecule has 1 atom stereocenters. The van der Waals surface area contributed by atoms with Gasteiger partial charge in [0.1, 0.15) is 12.6 Å². The number of aliphatic carboxylic acids is 1. The van der Waals surface area contributed by atoms with Crippen molar-refractivity contribution in [3.63, 3.8) is 0 Å². The zero-order chi connectivity index (χ0) is 22.7. The van der Waals surface area contributed by atoms with Gasteiger partial charge in [0, 0.05) is 13.0 Å². The van der Waals surface area contributed by atoms with Crippen LogP contribution >= 0.6 is 0 Å². The van der Waals surface area contributed by atoms with Crippen LogP contribution < -0.4 is 0 Å². The predicted molar refractivity (Wildman–Crippen MR) is 124 cm³/mol. The van der Waals surface area contributed by atoms with Crippen LogP contribution in [0.2, 0.25) is 0 Å². The second-order valence-corrected chi connectivity index (χ2v) is 8.30. The van der Waals surface area contributed by atoms with E-state index in [0.717, 1.165) is 33.4 Å². The maximum atomic E-state index is 12.8. The van der Waals surface area contributed by atoms with Gasteiger partial charge in [-0.1, -0.05) is 78.4 Å². The molecule has 4 rings (SSSR count). The van der Waals surface area contributed by atoms with Crippen molar-refractivity contribution in [2.75, 3.05) is 13.7 Å². The monoisotopic (exact) mass is 429 g/mol. The van der Waals surface area contributed by atoms with E-state index < -0.39 is 18.1 Å². The molecule has 0 saturated heterocycles. The molecule has 0 radical (unpaired) electrons. The van der Waals surface area contributed by atoms with Gasteiger partial charge in [-0.25, -0.2) is 9.59 Å². The molecular weight excluding hydrogens is 402 g/mol. The van der Waals surface area contributed by atoms with Crippen LogP contribution in [0.3, 0.4) is 0 Å². The van der Waals surface area contributed by atoms with Gasteiger partial charge in [0.2, 0.25) is 0 Å². The zero-order valence-corrected chi connectivity index (χ0v) is 18.3. The summed E-state index contributed by atoms with van der Waals surface area (Å²) in [5.74, 6) is -1.09. The number of carbonyl (C=O) groups excluding carboxylic acids is 1. The van der Waals surface area contributed by atoms with E-state index in [1.807, 2.05) is 55.5 Å². The second-order valence-electron chi connectivity index (χ2n) is 8.30. The van der Waals surface area contributed by atoms with Crippen LogP contribution in [0.5, 0.6) is 0 Å². The van der Waals surface area contributed by atoms with Crippen molar-refractivity contribution >= 4 is 12.1 Å². The van der Waals surface area contributed by atoms with Crippen molar-refractivity contribution in [1.29, 1.82) is 0 Å². The summed E-state index contributed by atoms with van der Waals surface area (Å²) >= 11 is 0. The number of fused-ring (bicyclic) bond motifs is 3. The minimum absolute atomic E-state index is 0.0599. The van der Waals surface area contributed by atoms with Crippen LogP contribution in [0.15, 0.2) is 72.8 Å². The molecular formula is C27H27NO4. The lowest BCUT2D eigenvalue weighted by Gasteiger charge is -2.25. The van der Waals surface area contributed by atoms with Crippen molar-refractivity contribution in [2.45, 2.75) is 31.7 Å². The topological polar surface area (TPSA) is 66.8 Å². The highest BCUT2D eigenvalue weighted by Crippen LogP contribution is 2.44. The van der Waals surface area contributed by atoms with Gasteiger partial charge < -0.3 is 9.84 Å². The fourth-order valence-corrected chi connectivity index (χ4v) is 4.48. The lowest BCUT2D eigenvalue weighted by atomic mass is 9.98. The molecule has 5 nitrogen and oxygen atoms in total. The van der Waals surface area contributed by atoms with Crippen LogP contribution in [-0.4, -0.2) is 41.8 Å². The fraction of sp³-hybridized carbons (Fsp3) is 0.259. The van der Waals surface area contributed by atoms with Crippen molar-refractivity contribution in [1.82, 2.24) is 4.90 Å². The van der Waals surface area contributed by atoms with Crippen LogP contribution in [-0.2, 0) is 16.0 Å². The lowest BCUT2D eigenvalue weighted by molar-refractivity contribution is -0.142. The van der Waals surface area contributed by atoms with Gasteiger partial charge in [-0.3, -0.25) is 4.90 Å². The van der Waals surface area contributed by atoms with Crippen molar-refractivity contribution in [3.8, 4) is 11.1 Å². The first-order valence-electron chi connectivity index (χ1n) is 10.8. The number of hydrogen-bond acceptors (Lipinski definition) is 3. The first kappa shape index (κ1) is 21.6. The third kappa shape index (κ3) is 4.37. The standard InChI is InChI=1S/C27H27NO4/c1-18-8-7-9-19(16-18)14-15-25(26(29)30)28(2)27(31)32-17-24-22-12-5-3-10-20(22)21-11-4-6-13-23(21)24/h3-13,16,24-25H,14-15,17H2,1-2H3,(H,29,30). The van der Waals surface area contributed by atoms with E-state index in [1.165, 1.54) is 11.9 Å². The van der Waals surface area contributed by atoms with Gasteiger partial charge in [0.25, 0.3) is 0 Å². The Bertz CT molecular complexity index is 1090.